The number of likely N-dealkylation sites (tertiary alicyclic amines) is 1. The molecule has 106 valence electrons. The van der Waals surface area contributed by atoms with Crippen molar-refractivity contribution in [1.82, 2.24) is 4.90 Å². The Labute approximate surface area is 109 Å². The molecule has 0 amide bonds. The lowest BCUT2D eigenvalue weighted by molar-refractivity contribution is 0.231. The lowest BCUT2D eigenvalue weighted by Gasteiger charge is -2.18. The Morgan fingerprint density at radius 2 is 1.84 bits per heavy atom. The first-order valence-corrected chi connectivity index (χ1v) is 6.31. The summed E-state index contributed by atoms with van der Waals surface area (Å²) in [6.07, 6.45) is 2.25. The van der Waals surface area contributed by atoms with Gasteiger partial charge in [-0.2, -0.15) is 0 Å². The zero-order chi connectivity index (χ0) is 13.9. The zero-order valence-corrected chi connectivity index (χ0v) is 10.4. The standard InChI is InChI=1S/C12H15BF4NO/c14-11-4-3-10(13(15,16)17)9-12(11)19-8-7-18-5-1-2-6-18/h3-4,9H,1-2,5-8H2/q-1. The minimum Gasteiger partial charge on any atom is -0.489 e. The van der Waals surface area contributed by atoms with E-state index in [1.165, 1.54) is 0 Å². The number of hydrogen-bond acceptors (Lipinski definition) is 2. The van der Waals surface area contributed by atoms with E-state index in [2.05, 4.69) is 4.90 Å². The molecule has 1 fully saturated rings. The maximum absolute atomic E-state index is 13.4. The number of ether oxygens (including phenoxy) is 1. The average molecular weight is 276 g/mol. The molecule has 1 heterocycles. The van der Waals surface area contributed by atoms with E-state index in [4.69, 9.17) is 4.74 Å². The van der Waals surface area contributed by atoms with Gasteiger partial charge in [0.1, 0.15) is 6.61 Å². The maximum atomic E-state index is 13.4. The number of nitrogens with zero attached hydrogens (tertiary/aromatic N) is 1. The summed E-state index contributed by atoms with van der Waals surface area (Å²) in [5.41, 5.74) is -0.836. The molecule has 1 aromatic carbocycles. The van der Waals surface area contributed by atoms with E-state index in [-0.39, 0.29) is 12.4 Å². The van der Waals surface area contributed by atoms with Crippen LogP contribution in [0.1, 0.15) is 12.8 Å². The predicted molar refractivity (Wildman–Crippen MR) is 66.3 cm³/mol. The summed E-state index contributed by atoms with van der Waals surface area (Å²) in [4.78, 5) is 2.15. The highest BCUT2D eigenvalue weighted by Crippen LogP contribution is 2.18. The van der Waals surface area contributed by atoms with Crippen LogP contribution in [0.3, 0.4) is 0 Å². The lowest BCUT2D eigenvalue weighted by atomic mass is 9.80. The van der Waals surface area contributed by atoms with Gasteiger partial charge in [-0.05, 0) is 38.1 Å². The van der Waals surface area contributed by atoms with Crippen LogP contribution in [0.4, 0.5) is 17.3 Å². The van der Waals surface area contributed by atoms with Gasteiger partial charge in [-0.1, -0.05) is 6.07 Å². The minimum absolute atomic E-state index is 0.200. The molecule has 1 saturated heterocycles. The van der Waals surface area contributed by atoms with Gasteiger partial charge in [-0.15, -0.1) is 5.46 Å². The van der Waals surface area contributed by atoms with Gasteiger partial charge in [0.15, 0.2) is 11.6 Å². The van der Waals surface area contributed by atoms with E-state index in [0.717, 1.165) is 44.1 Å². The molecule has 19 heavy (non-hydrogen) atoms. The molecule has 7 heteroatoms. The van der Waals surface area contributed by atoms with Crippen molar-refractivity contribution in [2.24, 2.45) is 0 Å². The average Bonchev–Trinajstić information content (AvgIpc) is 2.83. The second-order valence-electron chi connectivity index (χ2n) is 4.66. The summed E-state index contributed by atoms with van der Waals surface area (Å²) < 4.78 is 56.1. The van der Waals surface area contributed by atoms with Crippen LogP contribution >= 0.6 is 0 Å². The molecule has 1 aromatic rings. The molecule has 2 nitrogen and oxygen atoms in total. The van der Waals surface area contributed by atoms with Gasteiger partial charge in [0, 0.05) is 6.54 Å². The van der Waals surface area contributed by atoms with Crippen LogP contribution in [0.15, 0.2) is 18.2 Å². The van der Waals surface area contributed by atoms with E-state index in [9.17, 15) is 17.3 Å². The lowest BCUT2D eigenvalue weighted by Crippen LogP contribution is -2.34. The summed E-state index contributed by atoms with van der Waals surface area (Å²) >= 11 is 0. The second kappa shape index (κ2) is 5.82. The van der Waals surface area contributed by atoms with E-state index in [0.29, 0.717) is 6.54 Å². The Morgan fingerprint density at radius 1 is 1.16 bits per heavy atom. The van der Waals surface area contributed by atoms with E-state index >= 15 is 0 Å². The van der Waals surface area contributed by atoms with Crippen LogP contribution in [0.5, 0.6) is 5.75 Å². The van der Waals surface area contributed by atoms with Crippen LogP contribution in [0.25, 0.3) is 0 Å². The Bertz CT molecular complexity index is 432. The molecule has 0 atom stereocenters. The topological polar surface area (TPSA) is 12.5 Å². The normalized spacial score (nSPS) is 16.8. The number of benzene rings is 1. The van der Waals surface area contributed by atoms with Crippen molar-refractivity contribution in [3.63, 3.8) is 0 Å². The predicted octanol–water partition coefficient (Wildman–Crippen LogP) is 2.35. The molecule has 0 spiro atoms. The van der Waals surface area contributed by atoms with Crippen LogP contribution in [-0.4, -0.2) is 38.1 Å². The van der Waals surface area contributed by atoms with Crippen molar-refractivity contribution in [2.75, 3.05) is 26.2 Å². The molecule has 0 aromatic heterocycles. The Hall–Kier alpha value is -1.24. The molecular weight excluding hydrogens is 261 g/mol. The van der Waals surface area contributed by atoms with Crippen molar-refractivity contribution >= 4 is 12.4 Å². The summed E-state index contributed by atoms with van der Waals surface area (Å²) in [5, 5.41) is 0. The summed E-state index contributed by atoms with van der Waals surface area (Å²) in [6, 6.07) is 2.28. The van der Waals surface area contributed by atoms with Gasteiger partial charge in [0.2, 0.25) is 0 Å². The van der Waals surface area contributed by atoms with Gasteiger partial charge in [0.05, 0.1) is 0 Å². The fourth-order valence-electron chi connectivity index (χ4n) is 2.13. The van der Waals surface area contributed by atoms with Crippen LogP contribution in [0.2, 0.25) is 0 Å². The molecule has 0 aliphatic carbocycles. The number of rotatable bonds is 5. The Kier molecular flexibility index (Phi) is 4.34. The first kappa shape index (κ1) is 14.2. The highest BCUT2D eigenvalue weighted by molar-refractivity contribution is 6.73. The fraction of sp³-hybridized carbons (Fsp3) is 0.500. The molecular formula is C12H15BF4NO-. The van der Waals surface area contributed by atoms with Crippen LogP contribution in [0, 0.1) is 5.82 Å². The van der Waals surface area contributed by atoms with E-state index < -0.39 is 18.3 Å². The molecule has 0 saturated carbocycles. The summed E-state index contributed by atoms with van der Waals surface area (Å²) in [6.45, 7) is -2.38. The zero-order valence-electron chi connectivity index (χ0n) is 10.4. The molecule has 0 bridgehead atoms. The van der Waals surface area contributed by atoms with Crippen molar-refractivity contribution in [3.05, 3.63) is 24.0 Å². The van der Waals surface area contributed by atoms with Crippen molar-refractivity contribution in [1.29, 1.82) is 0 Å². The first-order valence-electron chi connectivity index (χ1n) is 6.31. The Morgan fingerprint density at radius 3 is 2.47 bits per heavy atom. The molecule has 2 rings (SSSR count). The highest BCUT2D eigenvalue weighted by Gasteiger charge is 2.26. The van der Waals surface area contributed by atoms with Gasteiger partial charge in [-0.3, -0.25) is 4.90 Å². The van der Waals surface area contributed by atoms with Gasteiger partial charge in [-0.25, -0.2) is 4.39 Å². The Balaban J connectivity index is 1.94. The van der Waals surface area contributed by atoms with Crippen molar-refractivity contribution < 1.29 is 22.1 Å². The smallest absolute Gasteiger partial charge is 0.489 e. The maximum Gasteiger partial charge on any atom is 0.509 e. The van der Waals surface area contributed by atoms with E-state index in [1.807, 2.05) is 0 Å². The minimum atomic E-state index is -5.13. The molecule has 0 N–H and O–H groups in total. The SMILES string of the molecule is Fc1ccc([B-](F)(F)F)cc1OCCN1CCCC1. The molecule has 1 aliphatic rings. The summed E-state index contributed by atoms with van der Waals surface area (Å²) in [7, 11) is 0. The molecule has 0 unspecified atom stereocenters. The van der Waals surface area contributed by atoms with Crippen molar-refractivity contribution in [2.45, 2.75) is 12.8 Å². The monoisotopic (exact) mass is 276 g/mol. The molecule has 0 radical (unpaired) electrons. The third-order valence-corrected chi connectivity index (χ3v) is 3.20. The van der Waals surface area contributed by atoms with Gasteiger partial charge >= 0.3 is 6.98 Å². The van der Waals surface area contributed by atoms with E-state index in [1.54, 1.807) is 0 Å². The highest BCUT2D eigenvalue weighted by atomic mass is 19.4. The fourth-order valence-corrected chi connectivity index (χ4v) is 2.13. The third-order valence-electron chi connectivity index (χ3n) is 3.20. The molecule has 1 aliphatic heterocycles. The van der Waals surface area contributed by atoms with Crippen LogP contribution in [-0.2, 0) is 0 Å². The third kappa shape index (κ3) is 3.86. The summed E-state index contributed by atoms with van der Waals surface area (Å²) in [5.74, 6) is -1.08. The quantitative estimate of drug-likeness (QED) is 0.604. The van der Waals surface area contributed by atoms with Crippen molar-refractivity contribution in [3.8, 4) is 5.75 Å². The van der Waals surface area contributed by atoms with Crippen LogP contribution < -0.4 is 10.2 Å². The van der Waals surface area contributed by atoms with Gasteiger partial charge in [0.25, 0.3) is 0 Å². The second-order valence-corrected chi connectivity index (χ2v) is 4.66. The number of halogens is 4. The van der Waals surface area contributed by atoms with Gasteiger partial charge < -0.3 is 17.7 Å². The largest absolute Gasteiger partial charge is 0.509 e. The number of hydrogen-bond donors (Lipinski definition) is 0. The first-order chi connectivity index (χ1) is 8.97.